The van der Waals surface area contributed by atoms with Gasteiger partial charge in [-0.2, -0.15) is 0 Å². The van der Waals surface area contributed by atoms with Crippen LogP contribution >= 0.6 is 15.6 Å². The zero-order chi connectivity index (χ0) is 68.2. The van der Waals surface area contributed by atoms with E-state index in [1.165, 1.54) is 161 Å². The Balaban J connectivity index is 5.25. The van der Waals surface area contributed by atoms with Gasteiger partial charge >= 0.3 is 39.5 Å². The van der Waals surface area contributed by atoms with Crippen molar-refractivity contribution in [2.75, 3.05) is 39.6 Å². The monoisotopic (exact) mass is 1350 g/mol. The Morgan fingerprint density at radius 1 is 0.304 bits per heavy atom. The van der Waals surface area contributed by atoms with E-state index in [9.17, 15) is 43.2 Å². The molecule has 0 radical (unpaired) electrons. The number of esters is 4. The molecule has 0 heterocycles. The van der Waals surface area contributed by atoms with Crippen LogP contribution in [0.25, 0.3) is 0 Å². The van der Waals surface area contributed by atoms with Crippen molar-refractivity contribution in [1.29, 1.82) is 0 Å². The van der Waals surface area contributed by atoms with Gasteiger partial charge in [-0.05, 0) is 49.4 Å². The van der Waals surface area contributed by atoms with Crippen LogP contribution in [0.2, 0.25) is 0 Å². The quantitative estimate of drug-likeness (QED) is 0.0222. The first-order valence-corrected chi connectivity index (χ1v) is 40.8. The zero-order valence-corrected chi connectivity index (χ0v) is 62.0. The molecule has 0 bridgehead atoms. The molecule has 3 N–H and O–H groups in total. The number of carbonyl (C=O) groups excluding carboxylic acids is 4. The first-order chi connectivity index (χ1) is 44.2. The lowest BCUT2D eigenvalue weighted by Gasteiger charge is -2.21. The Kier molecular flexibility index (Phi) is 61.3. The number of aliphatic hydroxyl groups is 1. The van der Waals surface area contributed by atoms with E-state index in [4.69, 9.17) is 37.0 Å². The molecule has 0 aliphatic heterocycles. The van der Waals surface area contributed by atoms with Crippen LogP contribution in [0, 0.1) is 23.7 Å². The lowest BCUT2D eigenvalue weighted by Crippen LogP contribution is -2.30. The molecule has 0 fully saturated rings. The molecule has 0 amide bonds. The topological polar surface area (TPSA) is 237 Å². The van der Waals surface area contributed by atoms with Crippen LogP contribution in [0.4, 0.5) is 0 Å². The number of hydrogen-bond acceptors (Lipinski definition) is 15. The third kappa shape index (κ3) is 62.8. The second-order valence-corrected chi connectivity index (χ2v) is 30.4. The van der Waals surface area contributed by atoms with E-state index in [0.29, 0.717) is 25.7 Å². The maximum Gasteiger partial charge on any atom is 0.472 e. The molecule has 0 aliphatic carbocycles. The van der Waals surface area contributed by atoms with Gasteiger partial charge in [-0.15, -0.1) is 0 Å². The average Bonchev–Trinajstić information content (AvgIpc) is 2.58. The van der Waals surface area contributed by atoms with Crippen LogP contribution in [0.3, 0.4) is 0 Å². The number of phosphoric acid groups is 2. The second kappa shape index (κ2) is 62.6. The van der Waals surface area contributed by atoms with Crippen molar-refractivity contribution in [2.24, 2.45) is 23.7 Å². The van der Waals surface area contributed by atoms with Gasteiger partial charge in [-0.1, -0.05) is 312 Å². The van der Waals surface area contributed by atoms with Gasteiger partial charge in [-0.25, -0.2) is 9.13 Å². The third-order valence-electron chi connectivity index (χ3n) is 17.9. The molecule has 546 valence electrons. The first kappa shape index (κ1) is 90.1. The van der Waals surface area contributed by atoms with Gasteiger partial charge < -0.3 is 33.8 Å². The fraction of sp³-hybridized carbons (Fsp3) is 0.945. The Morgan fingerprint density at radius 3 is 0.772 bits per heavy atom. The maximum atomic E-state index is 13.1. The van der Waals surface area contributed by atoms with Crippen LogP contribution in [-0.2, 0) is 65.4 Å². The number of rotatable bonds is 70. The van der Waals surface area contributed by atoms with Crippen LogP contribution in [0.5, 0.6) is 0 Å². The number of carbonyl (C=O) groups is 4. The maximum absolute atomic E-state index is 13.1. The summed E-state index contributed by atoms with van der Waals surface area (Å²) in [6.07, 6.45) is 45.7. The lowest BCUT2D eigenvalue weighted by atomic mass is 9.99. The van der Waals surface area contributed by atoms with Crippen LogP contribution in [0.15, 0.2) is 0 Å². The van der Waals surface area contributed by atoms with Gasteiger partial charge in [0.25, 0.3) is 0 Å². The SMILES string of the molecule is CCC(C)CCCCCCCCCCCCCCCCC(=O)O[C@H](COC(=O)CCCCCCCCCCC(C)CC)COP(=O)(O)OC[C@@H](O)COP(=O)(O)OC[C@@H](COC(=O)CCCCCCCCC(C)CC)OC(=O)CCCCCCCCCCCC(C)C. The Labute approximate surface area is 562 Å². The highest BCUT2D eigenvalue weighted by Gasteiger charge is 2.30. The Hall–Kier alpha value is -1.94. The van der Waals surface area contributed by atoms with Crippen molar-refractivity contribution in [2.45, 2.75) is 382 Å². The van der Waals surface area contributed by atoms with Crippen LogP contribution in [-0.4, -0.2) is 96.7 Å². The summed E-state index contributed by atoms with van der Waals surface area (Å²) in [4.78, 5) is 72.7. The molecule has 0 rings (SSSR count). The van der Waals surface area contributed by atoms with Crippen LogP contribution in [0.1, 0.15) is 364 Å². The minimum absolute atomic E-state index is 0.104. The van der Waals surface area contributed by atoms with E-state index >= 15 is 0 Å². The third-order valence-corrected chi connectivity index (χ3v) is 19.8. The molecule has 92 heavy (non-hydrogen) atoms. The van der Waals surface area contributed by atoms with Crippen molar-refractivity contribution in [1.82, 2.24) is 0 Å². The molecule has 17 nitrogen and oxygen atoms in total. The molecular weight excluding hydrogens is 1210 g/mol. The number of phosphoric ester groups is 2. The summed E-state index contributed by atoms with van der Waals surface area (Å²) in [6.45, 7) is 14.2. The smallest absolute Gasteiger partial charge is 0.462 e. The molecule has 8 atom stereocenters. The van der Waals surface area contributed by atoms with E-state index in [1.54, 1.807) is 0 Å². The molecule has 0 aromatic heterocycles. The standard InChI is InChI=1S/C73H142O17P2/c1-9-64(6)50-42-34-26-20-16-14-12-13-15-17-21-29-39-47-55-72(77)89-68(59-83-70(75)53-45-37-28-24-23-27-35-43-51-65(7)10-2)61-87-91(79,80)85-57-67(74)58-86-92(81,82)88-62-69(60-84-71(76)54-46-38-32-31-36-44-52-66(8)11-3)90-73(78)56-48-40-30-22-18-19-25-33-41-49-63(4)5/h63-69,74H,9-62H2,1-8H3,(H,79,80)(H,81,82)/t64?,65?,66?,67-,68-,69-/m1/s1. The summed E-state index contributed by atoms with van der Waals surface area (Å²) in [5.41, 5.74) is 0. The average molecular weight is 1350 g/mol. The molecule has 19 heteroatoms. The minimum Gasteiger partial charge on any atom is -0.462 e. The summed E-state index contributed by atoms with van der Waals surface area (Å²) in [6, 6.07) is 0. The zero-order valence-electron chi connectivity index (χ0n) is 60.2. The molecule has 0 saturated heterocycles. The Morgan fingerprint density at radius 2 is 0.522 bits per heavy atom. The van der Waals surface area contributed by atoms with Gasteiger partial charge in [0.2, 0.25) is 0 Å². The highest BCUT2D eigenvalue weighted by molar-refractivity contribution is 7.47. The predicted molar refractivity (Wildman–Crippen MR) is 372 cm³/mol. The van der Waals surface area contributed by atoms with Gasteiger partial charge in [0.15, 0.2) is 12.2 Å². The fourth-order valence-electron chi connectivity index (χ4n) is 10.9. The number of hydrogen-bond donors (Lipinski definition) is 3. The summed E-state index contributed by atoms with van der Waals surface area (Å²) in [7, 11) is -9.91. The van der Waals surface area contributed by atoms with Gasteiger partial charge in [0.05, 0.1) is 26.4 Å². The summed E-state index contributed by atoms with van der Waals surface area (Å²) >= 11 is 0. The van der Waals surface area contributed by atoms with Gasteiger partial charge in [0.1, 0.15) is 19.3 Å². The van der Waals surface area contributed by atoms with E-state index in [0.717, 1.165) is 120 Å². The summed E-state index contributed by atoms with van der Waals surface area (Å²) < 4.78 is 68.4. The second-order valence-electron chi connectivity index (χ2n) is 27.5. The molecule has 0 aliphatic rings. The molecule has 0 spiro atoms. The number of unbranched alkanes of at least 4 members (excludes halogenated alkanes) is 33. The molecule has 0 aromatic rings. The molecular formula is C73H142O17P2. The van der Waals surface area contributed by atoms with Gasteiger partial charge in [0, 0.05) is 25.7 Å². The number of ether oxygens (including phenoxy) is 4. The van der Waals surface area contributed by atoms with Crippen molar-refractivity contribution in [3.63, 3.8) is 0 Å². The highest BCUT2D eigenvalue weighted by Crippen LogP contribution is 2.45. The fourth-order valence-corrected chi connectivity index (χ4v) is 12.5. The molecule has 0 saturated carbocycles. The summed E-state index contributed by atoms with van der Waals surface area (Å²) in [5.74, 6) is 0.964. The van der Waals surface area contributed by atoms with E-state index < -0.39 is 97.5 Å². The normalized spacial score (nSPS) is 15.1. The van der Waals surface area contributed by atoms with Crippen molar-refractivity contribution in [3.05, 3.63) is 0 Å². The molecule has 5 unspecified atom stereocenters. The summed E-state index contributed by atoms with van der Waals surface area (Å²) in [5, 5.41) is 10.6. The lowest BCUT2D eigenvalue weighted by molar-refractivity contribution is -0.161. The Bertz CT molecular complexity index is 1820. The van der Waals surface area contributed by atoms with Crippen molar-refractivity contribution < 1.29 is 80.2 Å². The van der Waals surface area contributed by atoms with E-state index in [1.807, 2.05) is 0 Å². The van der Waals surface area contributed by atoms with Crippen molar-refractivity contribution in [3.8, 4) is 0 Å². The predicted octanol–water partition coefficient (Wildman–Crippen LogP) is 20.9. The van der Waals surface area contributed by atoms with E-state index in [-0.39, 0.29) is 25.7 Å². The van der Waals surface area contributed by atoms with Crippen LogP contribution < -0.4 is 0 Å². The number of aliphatic hydroxyl groups excluding tert-OH is 1. The van der Waals surface area contributed by atoms with Gasteiger partial charge in [-0.3, -0.25) is 37.3 Å². The molecule has 0 aromatic carbocycles. The minimum atomic E-state index is -4.96. The largest absolute Gasteiger partial charge is 0.472 e. The van der Waals surface area contributed by atoms with E-state index in [2.05, 4.69) is 55.4 Å². The van der Waals surface area contributed by atoms with Crippen molar-refractivity contribution >= 4 is 39.5 Å². The first-order valence-electron chi connectivity index (χ1n) is 37.8. The highest BCUT2D eigenvalue weighted by atomic mass is 31.2.